The number of anilines is 1. The van der Waals surface area contributed by atoms with Gasteiger partial charge in [-0.05, 0) is 43.3 Å². The second-order valence-corrected chi connectivity index (χ2v) is 5.84. The first kappa shape index (κ1) is 20.6. The predicted octanol–water partition coefficient (Wildman–Crippen LogP) is 4.31. The molecule has 0 saturated heterocycles. The van der Waals surface area contributed by atoms with E-state index in [1.807, 2.05) is 0 Å². The molecule has 1 N–H and O–H groups in total. The summed E-state index contributed by atoms with van der Waals surface area (Å²) in [4.78, 5) is 23.8. The molecule has 0 unspecified atom stereocenters. The molecule has 0 saturated carbocycles. The van der Waals surface area contributed by atoms with E-state index in [2.05, 4.69) is 5.32 Å². The Labute approximate surface area is 158 Å². The summed E-state index contributed by atoms with van der Waals surface area (Å²) in [7, 11) is 0. The van der Waals surface area contributed by atoms with Crippen LogP contribution in [0.5, 0.6) is 5.75 Å². The zero-order valence-electron chi connectivity index (χ0n) is 14.0. The maximum absolute atomic E-state index is 12.9. The SMILES string of the molecule is C[C@@H](OC(=O)COc1ccc(Cl)cc1)C(=O)Nc1ccccc1C(F)(F)F. The van der Waals surface area contributed by atoms with Gasteiger partial charge in [0.1, 0.15) is 5.75 Å². The van der Waals surface area contributed by atoms with Crippen LogP contribution in [0.25, 0.3) is 0 Å². The summed E-state index contributed by atoms with van der Waals surface area (Å²) in [6.45, 7) is 0.768. The van der Waals surface area contributed by atoms with Crippen LogP contribution in [-0.2, 0) is 20.5 Å². The Kier molecular flexibility index (Phi) is 6.68. The van der Waals surface area contributed by atoms with Gasteiger partial charge in [-0.1, -0.05) is 23.7 Å². The third kappa shape index (κ3) is 6.18. The van der Waals surface area contributed by atoms with Gasteiger partial charge in [-0.25, -0.2) is 4.79 Å². The summed E-state index contributed by atoms with van der Waals surface area (Å²) in [5, 5.41) is 2.61. The van der Waals surface area contributed by atoms with Gasteiger partial charge >= 0.3 is 12.1 Å². The quantitative estimate of drug-likeness (QED) is 0.733. The van der Waals surface area contributed by atoms with E-state index in [4.69, 9.17) is 21.1 Å². The van der Waals surface area contributed by atoms with Crippen LogP contribution in [-0.4, -0.2) is 24.6 Å². The molecule has 0 aliphatic rings. The van der Waals surface area contributed by atoms with Crippen LogP contribution in [0.3, 0.4) is 0 Å². The molecule has 27 heavy (non-hydrogen) atoms. The highest BCUT2D eigenvalue weighted by Gasteiger charge is 2.34. The minimum absolute atomic E-state index is 0.368. The summed E-state index contributed by atoms with van der Waals surface area (Å²) >= 11 is 5.72. The number of hydrogen-bond donors (Lipinski definition) is 1. The van der Waals surface area contributed by atoms with E-state index in [9.17, 15) is 22.8 Å². The third-order valence-electron chi connectivity index (χ3n) is 3.34. The average Bonchev–Trinajstić information content (AvgIpc) is 2.60. The minimum atomic E-state index is -4.63. The first-order chi connectivity index (χ1) is 12.7. The topological polar surface area (TPSA) is 64.6 Å². The molecular weight excluding hydrogens is 387 g/mol. The molecule has 0 aliphatic heterocycles. The highest BCUT2D eigenvalue weighted by atomic mass is 35.5. The fraction of sp³-hybridized carbons (Fsp3) is 0.222. The van der Waals surface area contributed by atoms with Crippen molar-refractivity contribution in [1.29, 1.82) is 0 Å². The van der Waals surface area contributed by atoms with Crippen molar-refractivity contribution >= 4 is 29.2 Å². The number of rotatable bonds is 6. The number of carbonyl (C=O) groups excluding carboxylic acids is 2. The van der Waals surface area contributed by atoms with Gasteiger partial charge in [0.2, 0.25) is 0 Å². The number of alkyl halides is 3. The Morgan fingerprint density at radius 2 is 1.74 bits per heavy atom. The van der Waals surface area contributed by atoms with E-state index in [0.717, 1.165) is 12.1 Å². The van der Waals surface area contributed by atoms with E-state index in [0.29, 0.717) is 10.8 Å². The molecule has 9 heteroatoms. The van der Waals surface area contributed by atoms with Crippen molar-refractivity contribution in [3.63, 3.8) is 0 Å². The van der Waals surface area contributed by atoms with E-state index in [-0.39, 0.29) is 0 Å². The van der Waals surface area contributed by atoms with Gasteiger partial charge in [-0.2, -0.15) is 13.2 Å². The molecule has 2 aromatic rings. The van der Waals surface area contributed by atoms with Crippen molar-refractivity contribution in [2.75, 3.05) is 11.9 Å². The van der Waals surface area contributed by atoms with Crippen molar-refractivity contribution < 1.29 is 32.2 Å². The molecule has 0 heterocycles. The van der Waals surface area contributed by atoms with Gasteiger partial charge in [-0.3, -0.25) is 4.79 Å². The highest BCUT2D eigenvalue weighted by Crippen LogP contribution is 2.34. The number of nitrogens with one attached hydrogen (secondary N) is 1. The number of esters is 1. The molecule has 0 aliphatic carbocycles. The lowest BCUT2D eigenvalue weighted by atomic mass is 10.1. The van der Waals surface area contributed by atoms with Crippen LogP contribution < -0.4 is 10.1 Å². The van der Waals surface area contributed by atoms with Crippen LogP contribution in [0.2, 0.25) is 5.02 Å². The zero-order chi connectivity index (χ0) is 20.0. The number of halogens is 4. The van der Waals surface area contributed by atoms with Crippen molar-refractivity contribution in [1.82, 2.24) is 0 Å². The number of carbonyl (C=O) groups is 2. The van der Waals surface area contributed by atoms with Gasteiger partial charge in [-0.15, -0.1) is 0 Å². The monoisotopic (exact) mass is 401 g/mol. The molecule has 2 aromatic carbocycles. The number of hydrogen-bond acceptors (Lipinski definition) is 4. The minimum Gasteiger partial charge on any atom is -0.482 e. The average molecular weight is 402 g/mol. The Morgan fingerprint density at radius 1 is 1.11 bits per heavy atom. The van der Waals surface area contributed by atoms with Gasteiger partial charge in [0.15, 0.2) is 12.7 Å². The molecule has 144 valence electrons. The summed E-state index contributed by atoms with van der Waals surface area (Å²) in [6.07, 6.45) is -5.94. The summed E-state index contributed by atoms with van der Waals surface area (Å²) in [5.74, 6) is -1.38. The van der Waals surface area contributed by atoms with Crippen molar-refractivity contribution in [2.24, 2.45) is 0 Å². The maximum Gasteiger partial charge on any atom is 0.418 e. The summed E-state index contributed by atoms with van der Waals surface area (Å²) < 4.78 is 48.8. The van der Waals surface area contributed by atoms with Crippen LogP contribution >= 0.6 is 11.6 Å². The normalized spacial score (nSPS) is 12.2. The Morgan fingerprint density at radius 3 is 2.37 bits per heavy atom. The molecule has 0 radical (unpaired) electrons. The van der Waals surface area contributed by atoms with Gasteiger partial charge < -0.3 is 14.8 Å². The molecule has 0 spiro atoms. The first-order valence-electron chi connectivity index (χ1n) is 7.72. The van der Waals surface area contributed by atoms with Crippen molar-refractivity contribution in [3.8, 4) is 5.75 Å². The number of benzene rings is 2. The fourth-order valence-electron chi connectivity index (χ4n) is 2.03. The second kappa shape index (κ2) is 8.77. The zero-order valence-corrected chi connectivity index (χ0v) is 14.8. The molecule has 0 bridgehead atoms. The van der Waals surface area contributed by atoms with E-state index >= 15 is 0 Å². The largest absolute Gasteiger partial charge is 0.482 e. The second-order valence-electron chi connectivity index (χ2n) is 5.41. The molecular formula is C18H15ClF3NO4. The Bertz CT molecular complexity index is 809. The number of amides is 1. The smallest absolute Gasteiger partial charge is 0.418 e. The molecule has 0 aromatic heterocycles. The van der Waals surface area contributed by atoms with Gasteiger partial charge in [0.05, 0.1) is 11.3 Å². The van der Waals surface area contributed by atoms with E-state index in [1.54, 1.807) is 24.3 Å². The van der Waals surface area contributed by atoms with Crippen molar-refractivity contribution in [2.45, 2.75) is 19.2 Å². The standard InChI is InChI=1S/C18H15ClF3NO4/c1-11(27-16(24)10-26-13-8-6-12(19)7-9-13)17(25)23-15-5-3-2-4-14(15)18(20,21)22/h2-9,11H,10H2,1H3,(H,23,25)/t11-/m1/s1. The number of para-hydroxylation sites is 1. The molecule has 2 rings (SSSR count). The summed E-state index contributed by atoms with van der Waals surface area (Å²) in [6, 6.07) is 10.7. The maximum atomic E-state index is 12.9. The van der Waals surface area contributed by atoms with Crippen LogP contribution in [0.4, 0.5) is 18.9 Å². The lowest BCUT2D eigenvalue weighted by Gasteiger charge is -2.17. The van der Waals surface area contributed by atoms with Gasteiger partial charge in [0.25, 0.3) is 5.91 Å². The molecule has 1 atom stereocenters. The van der Waals surface area contributed by atoms with Gasteiger partial charge in [0, 0.05) is 5.02 Å². The third-order valence-corrected chi connectivity index (χ3v) is 3.59. The molecule has 1 amide bonds. The molecule has 5 nitrogen and oxygen atoms in total. The predicted molar refractivity (Wildman–Crippen MR) is 92.6 cm³/mol. The van der Waals surface area contributed by atoms with E-state index in [1.165, 1.54) is 19.1 Å². The Balaban J connectivity index is 1.90. The summed E-state index contributed by atoms with van der Waals surface area (Å²) in [5.41, 5.74) is -1.42. The van der Waals surface area contributed by atoms with Crippen LogP contribution in [0.1, 0.15) is 12.5 Å². The lowest BCUT2D eigenvalue weighted by Crippen LogP contribution is -2.32. The van der Waals surface area contributed by atoms with Crippen LogP contribution in [0, 0.1) is 0 Å². The Hall–Kier alpha value is -2.74. The highest BCUT2D eigenvalue weighted by molar-refractivity contribution is 6.30. The van der Waals surface area contributed by atoms with Crippen LogP contribution in [0.15, 0.2) is 48.5 Å². The van der Waals surface area contributed by atoms with E-state index < -0.39 is 42.0 Å². The molecule has 0 fully saturated rings. The van der Waals surface area contributed by atoms with Crippen molar-refractivity contribution in [3.05, 3.63) is 59.1 Å². The lowest BCUT2D eigenvalue weighted by molar-refractivity contribution is -0.155. The number of ether oxygens (including phenoxy) is 2. The first-order valence-corrected chi connectivity index (χ1v) is 8.09. The fourth-order valence-corrected chi connectivity index (χ4v) is 2.16.